The van der Waals surface area contributed by atoms with Crippen molar-refractivity contribution in [2.45, 2.75) is 12.5 Å². The Hall–Kier alpha value is -2.78. The summed E-state index contributed by atoms with van der Waals surface area (Å²) in [5.74, 6) is -0.102. The fraction of sp³-hybridized carbons (Fsp3) is 0.125. The van der Waals surface area contributed by atoms with Gasteiger partial charge in [0.05, 0.1) is 11.6 Å². The van der Waals surface area contributed by atoms with E-state index in [1.165, 1.54) is 0 Å². The van der Waals surface area contributed by atoms with Gasteiger partial charge in [-0.15, -0.1) is 0 Å². The van der Waals surface area contributed by atoms with Gasteiger partial charge in [0.25, 0.3) is 0 Å². The Morgan fingerprint density at radius 1 is 1.27 bits per heavy atom. The van der Waals surface area contributed by atoms with Crippen LogP contribution in [0.5, 0.6) is 0 Å². The van der Waals surface area contributed by atoms with Gasteiger partial charge >= 0.3 is 0 Å². The Kier molecular flexibility index (Phi) is 4.08. The van der Waals surface area contributed by atoms with Crippen LogP contribution in [0.2, 0.25) is 0 Å². The lowest BCUT2D eigenvalue weighted by molar-refractivity contribution is 0.877. The number of nitriles is 1. The number of H-pyrrole nitrogens is 1. The molecule has 2 N–H and O–H groups in total. The van der Waals surface area contributed by atoms with E-state index in [0.717, 1.165) is 11.1 Å². The van der Waals surface area contributed by atoms with E-state index in [0.29, 0.717) is 23.0 Å². The van der Waals surface area contributed by atoms with E-state index in [4.69, 9.17) is 12.2 Å². The second-order valence-electron chi connectivity index (χ2n) is 4.76. The van der Waals surface area contributed by atoms with Crippen LogP contribution in [0.3, 0.4) is 0 Å². The lowest BCUT2D eigenvalue weighted by atomic mass is 10.1. The Labute approximate surface area is 133 Å². The first-order chi connectivity index (χ1) is 10.8. The number of fused-ring (bicyclic) bond motifs is 1. The maximum absolute atomic E-state index is 9.41. The standard InChI is InChI=1S/C16H13N5S/c17-9-12(14-20-13-7-4-8-18-15(13)21-14)16(22)19-10-11-5-2-1-3-6-11/h1-8,12H,10H2,(H,19,22)(H,18,20,21). The molecule has 108 valence electrons. The Balaban J connectivity index is 1.76. The van der Waals surface area contributed by atoms with Gasteiger partial charge in [-0.2, -0.15) is 5.26 Å². The monoisotopic (exact) mass is 307 g/mol. The number of nitrogens with one attached hydrogen (secondary N) is 2. The van der Waals surface area contributed by atoms with E-state index in [1.54, 1.807) is 6.20 Å². The van der Waals surface area contributed by atoms with Gasteiger partial charge in [-0.05, 0) is 17.7 Å². The molecule has 0 amide bonds. The second kappa shape index (κ2) is 6.33. The molecule has 0 aliphatic carbocycles. The maximum Gasteiger partial charge on any atom is 0.177 e. The van der Waals surface area contributed by atoms with Crippen LogP contribution in [0.15, 0.2) is 48.7 Å². The molecule has 1 unspecified atom stereocenters. The van der Waals surface area contributed by atoms with E-state index >= 15 is 0 Å². The number of aromatic amines is 1. The molecule has 6 heteroatoms. The third kappa shape index (κ3) is 2.95. The number of aromatic nitrogens is 3. The van der Waals surface area contributed by atoms with Crippen LogP contribution in [0, 0.1) is 11.3 Å². The van der Waals surface area contributed by atoms with Crippen molar-refractivity contribution in [1.82, 2.24) is 20.3 Å². The van der Waals surface area contributed by atoms with Crippen molar-refractivity contribution in [2.24, 2.45) is 0 Å². The topological polar surface area (TPSA) is 77.4 Å². The minimum atomic E-state index is -0.618. The fourth-order valence-corrected chi connectivity index (χ4v) is 2.37. The normalized spacial score (nSPS) is 11.8. The zero-order chi connectivity index (χ0) is 15.4. The lowest BCUT2D eigenvalue weighted by Crippen LogP contribution is -2.27. The summed E-state index contributed by atoms with van der Waals surface area (Å²) in [5, 5.41) is 12.5. The van der Waals surface area contributed by atoms with Crippen molar-refractivity contribution < 1.29 is 0 Å². The van der Waals surface area contributed by atoms with Gasteiger partial charge in [-0.3, -0.25) is 0 Å². The average molecular weight is 307 g/mol. The van der Waals surface area contributed by atoms with Crippen LogP contribution in [-0.4, -0.2) is 19.9 Å². The smallest absolute Gasteiger partial charge is 0.177 e. The van der Waals surface area contributed by atoms with Crippen molar-refractivity contribution >= 4 is 28.4 Å². The van der Waals surface area contributed by atoms with Crippen LogP contribution < -0.4 is 5.32 Å². The summed E-state index contributed by atoms with van der Waals surface area (Å²) in [6.45, 7) is 0.580. The van der Waals surface area contributed by atoms with E-state index < -0.39 is 5.92 Å². The summed E-state index contributed by atoms with van der Waals surface area (Å²) in [7, 11) is 0. The number of imidazole rings is 1. The number of pyridine rings is 1. The first-order valence-corrected chi connectivity index (χ1v) is 7.20. The van der Waals surface area contributed by atoms with Gasteiger partial charge in [0.1, 0.15) is 10.8 Å². The third-order valence-electron chi connectivity index (χ3n) is 3.25. The molecule has 0 bridgehead atoms. The molecule has 1 atom stereocenters. The maximum atomic E-state index is 9.41. The van der Waals surface area contributed by atoms with Crippen LogP contribution >= 0.6 is 12.2 Å². The molecular weight excluding hydrogens is 294 g/mol. The van der Waals surface area contributed by atoms with Gasteiger partial charge in [0, 0.05) is 12.7 Å². The van der Waals surface area contributed by atoms with Crippen molar-refractivity contribution in [1.29, 1.82) is 5.26 Å². The highest BCUT2D eigenvalue weighted by Crippen LogP contribution is 2.17. The van der Waals surface area contributed by atoms with Crippen LogP contribution in [0.1, 0.15) is 17.3 Å². The highest BCUT2D eigenvalue weighted by Gasteiger charge is 2.20. The molecule has 3 aromatic rings. The molecule has 0 fully saturated rings. The summed E-state index contributed by atoms with van der Waals surface area (Å²) in [4.78, 5) is 12.1. The molecule has 1 aromatic carbocycles. The molecule has 5 nitrogen and oxygen atoms in total. The van der Waals surface area contributed by atoms with Gasteiger partial charge < -0.3 is 10.3 Å². The zero-order valence-electron chi connectivity index (χ0n) is 11.7. The molecule has 22 heavy (non-hydrogen) atoms. The molecule has 0 saturated heterocycles. The first kappa shape index (κ1) is 14.2. The van der Waals surface area contributed by atoms with Crippen molar-refractivity contribution in [3.8, 4) is 6.07 Å². The quantitative estimate of drug-likeness (QED) is 0.725. The summed E-state index contributed by atoms with van der Waals surface area (Å²) < 4.78 is 0. The molecule has 2 heterocycles. The van der Waals surface area contributed by atoms with E-state index in [9.17, 15) is 5.26 Å². The molecule has 0 spiro atoms. The summed E-state index contributed by atoms with van der Waals surface area (Å²) >= 11 is 5.35. The number of nitrogens with zero attached hydrogens (tertiary/aromatic N) is 3. The average Bonchev–Trinajstić information content (AvgIpc) is 2.98. The highest BCUT2D eigenvalue weighted by molar-refractivity contribution is 7.80. The lowest BCUT2D eigenvalue weighted by Gasteiger charge is -2.11. The van der Waals surface area contributed by atoms with Crippen molar-refractivity contribution in [3.63, 3.8) is 0 Å². The molecule has 0 aliphatic heterocycles. The van der Waals surface area contributed by atoms with Gasteiger partial charge in [-0.1, -0.05) is 42.5 Å². The van der Waals surface area contributed by atoms with Crippen LogP contribution in [0.25, 0.3) is 11.2 Å². The van der Waals surface area contributed by atoms with E-state index in [2.05, 4.69) is 26.3 Å². The van der Waals surface area contributed by atoms with Crippen molar-refractivity contribution in [3.05, 3.63) is 60.0 Å². The van der Waals surface area contributed by atoms with Crippen LogP contribution in [0.4, 0.5) is 0 Å². The van der Waals surface area contributed by atoms with Gasteiger partial charge in [0.2, 0.25) is 0 Å². The predicted molar refractivity (Wildman–Crippen MR) is 88.1 cm³/mol. The summed E-state index contributed by atoms with van der Waals surface area (Å²) in [6, 6.07) is 15.8. The molecule has 0 radical (unpaired) electrons. The summed E-state index contributed by atoms with van der Waals surface area (Å²) in [6.07, 6.45) is 1.67. The van der Waals surface area contributed by atoms with Crippen molar-refractivity contribution in [2.75, 3.05) is 0 Å². The minimum absolute atomic E-state index is 0.449. The number of rotatable bonds is 4. The molecule has 0 aliphatic rings. The summed E-state index contributed by atoms with van der Waals surface area (Å²) in [5.41, 5.74) is 2.49. The van der Waals surface area contributed by atoms with E-state index in [-0.39, 0.29) is 0 Å². The Morgan fingerprint density at radius 3 is 2.82 bits per heavy atom. The molecule has 0 saturated carbocycles. The molecule has 2 aromatic heterocycles. The first-order valence-electron chi connectivity index (χ1n) is 6.80. The number of thiocarbonyl (C=S) groups is 1. The SMILES string of the molecule is N#CC(C(=S)NCc1ccccc1)c1nc2ncccc2[nH]1. The molecular formula is C16H13N5S. The second-order valence-corrected chi connectivity index (χ2v) is 5.20. The fourth-order valence-electron chi connectivity index (χ4n) is 2.13. The highest BCUT2D eigenvalue weighted by atomic mass is 32.1. The predicted octanol–water partition coefficient (Wildman–Crippen LogP) is 2.68. The Bertz CT molecular complexity index is 801. The largest absolute Gasteiger partial charge is 0.374 e. The Morgan fingerprint density at radius 2 is 2.09 bits per heavy atom. The van der Waals surface area contributed by atoms with Gasteiger partial charge in [0.15, 0.2) is 11.6 Å². The minimum Gasteiger partial charge on any atom is -0.374 e. The van der Waals surface area contributed by atoms with Gasteiger partial charge in [-0.25, -0.2) is 9.97 Å². The van der Waals surface area contributed by atoms with Crippen LogP contribution in [-0.2, 0) is 6.54 Å². The number of hydrogen-bond donors (Lipinski definition) is 2. The zero-order valence-corrected chi connectivity index (χ0v) is 12.5. The third-order valence-corrected chi connectivity index (χ3v) is 3.63. The molecule has 3 rings (SSSR count). The number of benzene rings is 1. The number of hydrogen-bond acceptors (Lipinski definition) is 4. The van der Waals surface area contributed by atoms with E-state index in [1.807, 2.05) is 42.5 Å².